The second-order valence-electron chi connectivity index (χ2n) is 6.40. The molecule has 2 saturated heterocycles. The second-order valence-corrected chi connectivity index (χ2v) is 6.40. The van der Waals surface area contributed by atoms with E-state index in [1.54, 1.807) is 0 Å². The van der Waals surface area contributed by atoms with E-state index in [0.29, 0.717) is 0 Å². The molecule has 2 unspecified atom stereocenters. The molecule has 0 aliphatic carbocycles. The minimum atomic E-state index is -0.763. The van der Waals surface area contributed by atoms with Crippen molar-refractivity contribution in [2.75, 3.05) is 19.6 Å². The number of carboxylic acid groups (broad SMARTS) is 1. The Morgan fingerprint density at radius 3 is 2.29 bits per heavy atom. The molecule has 2 fully saturated rings. The first-order valence-corrected chi connectivity index (χ1v) is 8.36. The smallest absolute Gasteiger partial charge is 0.304 e. The van der Waals surface area contributed by atoms with Crippen molar-refractivity contribution >= 4 is 11.9 Å². The van der Waals surface area contributed by atoms with E-state index in [1.165, 1.54) is 12.8 Å². The molecule has 0 aromatic heterocycles. The molecule has 2 aliphatic rings. The molecule has 2 atom stereocenters. The first kappa shape index (κ1) is 16.3. The molecule has 0 aromatic rings. The Kier molecular flexibility index (Phi) is 6.03. The Balaban J connectivity index is 1.99. The summed E-state index contributed by atoms with van der Waals surface area (Å²) in [7, 11) is 0. The number of hydrogen-bond acceptors (Lipinski definition) is 3. The van der Waals surface area contributed by atoms with Gasteiger partial charge in [0.15, 0.2) is 0 Å². The number of rotatable bonds is 4. The van der Waals surface area contributed by atoms with Gasteiger partial charge in [0.2, 0.25) is 5.91 Å². The fraction of sp³-hybridized carbons (Fsp3) is 0.875. The summed E-state index contributed by atoms with van der Waals surface area (Å²) in [6.45, 7) is 4.52. The van der Waals surface area contributed by atoms with Gasteiger partial charge in [-0.25, -0.2) is 0 Å². The van der Waals surface area contributed by atoms with E-state index < -0.39 is 5.97 Å². The van der Waals surface area contributed by atoms with Crippen LogP contribution < -0.4 is 0 Å². The predicted octanol–water partition coefficient (Wildman–Crippen LogP) is 2.11. The van der Waals surface area contributed by atoms with Gasteiger partial charge in [0.25, 0.3) is 0 Å². The molecule has 5 nitrogen and oxygen atoms in total. The molecule has 120 valence electrons. The molecule has 0 bridgehead atoms. The summed E-state index contributed by atoms with van der Waals surface area (Å²) >= 11 is 0. The molecular weight excluding hydrogens is 268 g/mol. The number of amides is 1. The van der Waals surface area contributed by atoms with Crippen LogP contribution in [-0.4, -0.2) is 58.5 Å². The van der Waals surface area contributed by atoms with E-state index in [4.69, 9.17) is 5.11 Å². The zero-order valence-electron chi connectivity index (χ0n) is 13.1. The van der Waals surface area contributed by atoms with Gasteiger partial charge in [0.1, 0.15) is 0 Å². The van der Waals surface area contributed by atoms with Crippen molar-refractivity contribution in [2.45, 2.75) is 70.4 Å². The molecule has 1 amide bonds. The van der Waals surface area contributed by atoms with Crippen molar-refractivity contribution in [1.29, 1.82) is 0 Å². The lowest BCUT2D eigenvalue weighted by atomic mass is 9.97. The van der Waals surface area contributed by atoms with Crippen LogP contribution in [0.2, 0.25) is 0 Å². The largest absolute Gasteiger partial charge is 0.481 e. The average Bonchev–Trinajstić information content (AvgIpc) is 2.75. The molecule has 2 rings (SSSR count). The quantitative estimate of drug-likeness (QED) is 0.863. The van der Waals surface area contributed by atoms with Crippen molar-refractivity contribution in [3.8, 4) is 0 Å². The maximum Gasteiger partial charge on any atom is 0.304 e. The van der Waals surface area contributed by atoms with Crippen molar-refractivity contribution in [2.24, 2.45) is 0 Å². The zero-order chi connectivity index (χ0) is 15.2. The number of piperidine rings is 1. The second kappa shape index (κ2) is 7.78. The lowest BCUT2D eigenvalue weighted by Crippen LogP contribution is -2.53. The fourth-order valence-corrected chi connectivity index (χ4v) is 3.65. The topological polar surface area (TPSA) is 60.9 Å². The number of aliphatic carboxylic acids is 1. The third-order valence-electron chi connectivity index (χ3n) is 4.86. The predicted molar refractivity (Wildman–Crippen MR) is 81.1 cm³/mol. The number of hydrogen-bond donors (Lipinski definition) is 1. The van der Waals surface area contributed by atoms with Gasteiger partial charge in [0.05, 0.1) is 12.5 Å². The van der Waals surface area contributed by atoms with Gasteiger partial charge in [-0.15, -0.1) is 0 Å². The molecule has 0 spiro atoms. The monoisotopic (exact) mass is 296 g/mol. The lowest BCUT2D eigenvalue weighted by molar-refractivity contribution is -0.143. The highest BCUT2D eigenvalue weighted by Gasteiger charge is 2.33. The van der Waals surface area contributed by atoms with E-state index in [9.17, 15) is 9.59 Å². The minimum absolute atomic E-state index is 0.0159. The number of carbonyl (C=O) groups excluding carboxylic acids is 1. The SMILES string of the molecule is CC(C(=O)N1CCCCCC1)N1CCCCC1CC(=O)O. The molecule has 21 heavy (non-hydrogen) atoms. The number of carboxylic acids is 1. The summed E-state index contributed by atoms with van der Waals surface area (Å²) in [6, 6.07) is -0.171. The van der Waals surface area contributed by atoms with E-state index in [-0.39, 0.29) is 24.4 Å². The molecule has 5 heteroatoms. The van der Waals surface area contributed by atoms with Gasteiger partial charge in [0, 0.05) is 19.1 Å². The average molecular weight is 296 g/mol. The Morgan fingerprint density at radius 2 is 1.67 bits per heavy atom. The van der Waals surface area contributed by atoms with Crippen LogP contribution in [0.4, 0.5) is 0 Å². The molecule has 0 saturated carbocycles. The van der Waals surface area contributed by atoms with Crippen molar-refractivity contribution in [3.05, 3.63) is 0 Å². The van der Waals surface area contributed by atoms with Gasteiger partial charge in [-0.05, 0) is 39.2 Å². The normalized spacial score (nSPS) is 26.1. The molecule has 2 heterocycles. The van der Waals surface area contributed by atoms with Crippen LogP contribution in [-0.2, 0) is 9.59 Å². The van der Waals surface area contributed by atoms with Gasteiger partial charge < -0.3 is 10.0 Å². The zero-order valence-corrected chi connectivity index (χ0v) is 13.1. The van der Waals surface area contributed by atoms with Crippen LogP contribution in [0.5, 0.6) is 0 Å². The van der Waals surface area contributed by atoms with Gasteiger partial charge in [-0.2, -0.15) is 0 Å². The van der Waals surface area contributed by atoms with E-state index in [0.717, 1.165) is 51.7 Å². The van der Waals surface area contributed by atoms with Crippen LogP contribution in [0.15, 0.2) is 0 Å². The maximum absolute atomic E-state index is 12.7. The number of likely N-dealkylation sites (tertiary alicyclic amines) is 2. The molecule has 2 aliphatic heterocycles. The molecular formula is C16H28N2O3. The maximum atomic E-state index is 12.7. The number of carbonyl (C=O) groups is 2. The standard InChI is InChI=1S/C16H28N2O3/c1-13(16(21)17-9-5-2-3-6-10-17)18-11-7-4-8-14(18)12-15(19)20/h13-14H,2-12H2,1H3,(H,19,20). The Bertz CT molecular complexity index is 365. The van der Waals surface area contributed by atoms with Crippen molar-refractivity contribution < 1.29 is 14.7 Å². The molecule has 1 N–H and O–H groups in total. The number of nitrogens with zero attached hydrogens (tertiary/aromatic N) is 2. The van der Waals surface area contributed by atoms with Crippen LogP contribution in [0.3, 0.4) is 0 Å². The summed E-state index contributed by atoms with van der Waals surface area (Å²) in [5.41, 5.74) is 0. The fourth-order valence-electron chi connectivity index (χ4n) is 3.65. The van der Waals surface area contributed by atoms with Crippen LogP contribution in [0, 0.1) is 0 Å². The third-order valence-corrected chi connectivity index (χ3v) is 4.86. The highest BCUT2D eigenvalue weighted by molar-refractivity contribution is 5.81. The van der Waals surface area contributed by atoms with Crippen LogP contribution in [0.1, 0.15) is 58.3 Å². The van der Waals surface area contributed by atoms with E-state index in [1.807, 2.05) is 11.8 Å². The Labute approximate surface area is 127 Å². The lowest BCUT2D eigenvalue weighted by Gasteiger charge is -2.40. The summed E-state index contributed by atoms with van der Waals surface area (Å²) in [6.07, 6.45) is 7.79. The van der Waals surface area contributed by atoms with Crippen LogP contribution in [0.25, 0.3) is 0 Å². The van der Waals surface area contributed by atoms with Gasteiger partial charge >= 0.3 is 5.97 Å². The van der Waals surface area contributed by atoms with Crippen molar-refractivity contribution in [1.82, 2.24) is 9.80 Å². The molecule has 0 radical (unpaired) electrons. The Hall–Kier alpha value is -1.10. The summed E-state index contributed by atoms with van der Waals surface area (Å²) in [5, 5.41) is 9.07. The Morgan fingerprint density at radius 1 is 1.05 bits per heavy atom. The van der Waals surface area contributed by atoms with E-state index >= 15 is 0 Å². The molecule has 0 aromatic carbocycles. The van der Waals surface area contributed by atoms with E-state index in [2.05, 4.69) is 4.90 Å². The third kappa shape index (κ3) is 4.43. The first-order valence-electron chi connectivity index (χ1n) is 8.36. The highest BCUT2D eigenvalue weighted by atomic mass is 16.4. The minimum Gasteiger partial charge on any atom is -0.481 e. The summed E-state index contributed by atoms with van der Waals surface area (Å²) < 4.78 is 0. The van der Waals surface area contributed by atoms with Crippen LogP contribution >= 0.6 is 0 Å². The summed E-state index contributed by atoms with van der Waals surface area (Å²) in [4.78, 5) is 27.9. The first-order chi connectivity index (χ1) is 10.1. The van der Waals surface area contributed by atoms with Crippen molar-refractivity contribution in [3.63, 3.8) is 0 Å². The summed E-state index contributed by atoms with van der Waals surface area (Å²) in [5.74, 6) is -0.574. The highest BCUT2D eigenvalue weighted by Crippen LogP contribution is 2.23. The van der Waals surface area contributed by atoms with Gasteiger partial charge in [-0.1, -0.05) is 19.3 Å². The van der Waals surface area contributed by atoms with Gasteiger partial charge in [-0.3, -0.25) is 14.5 Å².